The third-order valence-corrected chi connectivity index (χ3v) is 3.80. The Kier molecular flexibility index (Phi) is 5.04. The molecule has 3 nitrogen and oxygen atoms in total. The number of pyridine rings is 1. The van der Waals surface area contributed by atoms with Crippen LogP contribution in [0.25, 0.3) is 11.6 Å². The number of amides is 1. The molecule has 0 spiro atoms. The lowest BCUT2D eigenvalue weighted by atomic mass is 10.0. The first-order valence-corrected chi connectivity index (χ1v) is 7.85. The van der Waals surface area contributed by atoms with Gasteiger partial charge in [0.05, 0.1) is 11.9 Å². The molecule has 3 rings (SSSR count). The van der Waals surface area contributed by atoms with E-state index in [1.807, 2.05) is 48.5 Å². The molecule has 0 saturated heterocycles. The number of hydrogen-bond acceptors (Lipinski definition) is 2. The Balaban J connectivity index is 2.00. The van der Waals surface area contributed by atoms with Crippen molar-refractivity contribution in [3.8, 4) is 0 Å². The van der Waals surface area contributed by atoms with Crippen LogP contribution < -0.4 is 5.32 Å². The van der Waals surface area contributed by atoms with Crippen molar-refractivity contribution in [1.29, 1.82) is 0 Å². The second-order valence-electron chi connectivity index (χ2n) is 5.14. The molecule has 4 heteroatoms. The monoisotopic (exact) mass is 334 g/mol. The van der Waals surface area contributed by atoms with E-state index in [0.29, 0.717) is 16.3 Å². The molecular formula is C20H15ClN2O. The largest absolute Gasteiger partial charge is 0.321 e. The third-order valence-electron chi connectivity index (χ3n) is 3.45. The maximum absolute atomic E-state index is 12.8. The van der Waals surface area contributed by atoms with Crippen molar-refractivity contribution >= 4 is 34.8 Å². The van der Waals surface area contributed by atoms with Gasteiger partial charge in [-0.3, -0.25) is 9.78 Å². The van der Waals surface area contributed by atoms with E-state index in [-0.39, 0.29) is 5.91 Å². The van der Waals surface area contributed by atoms with Gasteiger partial charge in [0.1, 0.15) is 0 Å². The number of nitrogens with one attached hydrogen (secondary N) is 1. The van der Waals surface area contributed by atoms with Crippen molar-refractivity contribution in [1.82, 2.24) is 4.98 Å². The summed E-state index contributed by atoms with van der Waals surface area (Å²) in [5, 5.41) is 3.46. The fourth-order valence-corrected chi connectivity index (χ4v) is 2.47. The summed E-state index contributed by atoms with van der Waals surface area (Å²) in [5.41, 5.74) is 2.79. The number of benzene rings is 2. The summed E-state index contributed by atoms with van der Waals surface area (Å²) in [4.78, 5) is 16.8. The number of rotatable bonds is 4. The van der Waals surface area contributed by atoms with Crippen LogP contribution in [0.5, 0.6) is 0 Å². The van der Waals surface area contributed by atoms with E-state index in [9.17, 15) is 4.79 Å². The zero-order valence-electron chi connectivity index (χ0n) is 12.8. The van der Waals surface area contributed by atoms with Crippen LogP contribution in [0.1, 0.15) is 11.1 Å². The van der Waals surface area contributed by atoms with E-state index < -0.39 is 0 Å². The Morgan fingerprint density at radius 3 is 2.42 bits per heavy atom. The van der Waals surface area contributed by atoms with E-state index in [0.717, 1.165) is 11.1 Å². The minimum Gasteiger partial charge on any atom is -0.321 e. The minimum atomic E-state index is -0.214. The number of anilines is 1. The Morgan fingerprint density at radius 1 is 0.958 bits per heavy atom. The van der Waals surface area contributed by atoms with Crippen LogP contribution in [0, 0.1) is 0 Å². The van der Waals surface area contributed by atoms with Crippen LogP contribution in [0.2, 0.25) is 5.02 Å². The van der Waals surface area contributed by atoms with Gasteiger partial charge in [-0.25, -0.2) is 0 Å². The topological polar surface area (TPSA) is 42.0 Å². The quantitative estimate of drug-likeness (QED) is 0.544. The number of carbonyl (C=O) groups is 1. The van der Waals surface area contributed by atoms with Crippen molar-refractivity contribution in [2.24, 2.45) is 0 Å². The second-order valence-corrected chi connectivity index (χ2v) is 5.55. The standard InChI is InChI=1S/C20H15ClN2O/c21-19-11-5-4-9-16(19)13-18(15-7-2-1-3-8-15)20(24)23-17-10-6-12-22-14-17/h1-14H,(H,23,24)/b18-13+. The summed E-state index contributed by atoms with van der Waals surface area (Å²) in [6.45, 7) is 0. The van der Waals surface area contributed by atoms with Gasteiger partial charge < -0.3 is 5.32 Å². The molecule has 118 valence electrons. The molecule has 0 aliphatic heterocycles. The van der Waals surface area contributed by atoms with Crippen LogP contribution in [-0.4, -0.2) is 10.9 Å². The Bertz CT molecular complexity index is 861. The third kappa shape index (κ3) is 3.89. The lowest BCUT2D eigenvalue weighted by Crippen LogP contribution is -2.13. The van der Waals surface area contributed by atoms with Crippen molar-refractivity contribution < 1.29 is 4.79 Å². The van der Waals surface area contributed by atoms with Gasteiger partial charge in [-0.05, 0) is 35.4 Å². The maximum Gasteiger partial charge on any atom is 0.256 e. The zero-order valence-corrected chi connectivity index (χ0v) is 13.6. The van der Waals surface area contributed by atoms with Crippen LogP contribution in [-0.2, 0) is 4.79 Å². The van der Waals surface area contributed by atoms with Crippen molar-refractivity contribution in [3.05, 3.63) is 95.3 Å². The van der Waals surface area contributed by atoms with E-state index in [4.69, 9.17) is 11.6 Å². The fourth-order valence-electron chi connectivity index (χ4n) is 2.28. The smallest absolute Gasteiger partial charge is 0.256 e. The predicted molar refractivity (Wildman–Crippen MR) is 98.6 cm³/mol. The Hall–Kier alpha value is -2.91. The normalized spacial score (nSPS) is 11.1. The first-order chi connectivity index (χ1) is 11.7. The minimum absolute atomic E-state index is 0.214. The highest BCUT2D eigenvalue weighted by atomic mass is 35.5. The Morgan fingerprint density at radius 2 is 1.71 bits per heavy atom. The molecule has 0 atom stereocenters. The number of halogens is 1. The molecule has 1 aromatic heterocycles. The van der Waals surface area contributed by atoms with Crippen molar-refractivity contribution in [2.45, 2.75) is 0 Å². The molecule has 24 heavy (non-hydrogen) atoms. The number of aromatic nitrogens is 1. The average Bonchev–Trinajstić information content (AvgIpc) is 2.62. The van der Waals surface area contributed by atoms with Gasteiger partial charge in [-0.15, -0.1) is 0 Å². The highest BCUT2D eigenvalue weighted by Gasteiger charge is 2.13. The average molecular weight is 335 g/mol. The van der Waals surface area contributed by atoms with Crippen LogP contribution >= 0.6 is 11.6 Å². The van der Waals surface area contributed by atoms with Crippen molar-refractivity contribution in [2.75, 3.05) is 5.32 Å². The van der Waals surface area contributed by atoms with E-state index in [1.54, 1.807) is 36.7 Å². The summed E-state index contributed by atoms with van der Waals surface area (Å²) in [6, 6.07) is 20.5. The van der Waals surface area contributed by atoms with Gasteiger partial charge in [0, 0.05) is 16.8 Å². The van der Waals surface area contributed by atoms with Crippen molar-refractivity contribution in [3.63, 3.8) is 0 Å². The number of carbonyl (C=O) groups excluding carboxylic acids is 1. The SMILES string of the molecule is O=C(Nc1cccnc1)/C(=C/c1ccccc1Cl)c1ccccc1. The fraction of sp³-hybridized carbons (Fsp3) is 0. The van der Waals surface area contributed by atoms with Crippen LogP contribution in [0.15, 0.2) is 79.1 Å². The first-order valence-electron chi connectivity index (χ1n) is 7.47. The van der Waals surface area contributed by atoms with Gasteiger partial charge >= 0.3 is 0 Å². The lowest BCUT2D eigenvalue weighted by Gasteiger charge is -2.10. The van der Waals surface area contributed by atoms with Gasteiger partial charge in [0.15, 0.2) is 0 Å². The zero-order chi connectivity index (χ0) is 16.8. The highest BCUT2D eigenvalue weighted by Crippen LogP contribution is 2.24. The summed E-state index contributed by atoms with van der Waals surface area (Å²) < 4.78 is 0. The first kappa shape index (κ1) is 16.0. The van der Waals surface area contributed by atoms with Gasteiger partial charge in [-0.2, -0.15) is 0 Å². The number of nitrogens with zero attached hydrogens (tertiary/aromatic N) is 1. The second kappa shape index (κ2) is 7.57. The summed E-state index contributed by atoms with van der Waals surface area (Å²) >= 11 is 6.23. The molecule has 0 saturated carbocycles. The van der Waals surface area contributed by atoms with Crippen LogP contribution in [0.3, 0.4) is 0 Å². The maximum atomic E-state index is 12.8. The molecule has 3 aromatic rings. The van der Waals surface area contributed by atoms with Gasteiger partial charge in [0.25, 0.3) is 5.91 Å². The lowest BCUT2D eigenvalue weighted by molar-refractivity contribution is -0.111. The van der Waals surface area contributed by atoms with Gasteiger partial charge in [-0.1, -0.05) is 60.1 Å². The van der Waals surface area contributed by atoms with E-state index in [1.165, 1.54) is 0 Å². The van der Waals surface area contributed by atoms with Gasteiger partial charge in [0.2, 0.25) is 0 Å². The molecule has 1 heterocycles. The summed E-state index contributed by atoms with van der Waals surface area (Å²) in [7, 11) is 0. The molecule has 0 bridgehead atoms. The highest BCUT2D eigenvalue weighted by molar-refractivity contribution is 6.34. The van der Waals surface area contributed by atoms with E-state index >= 15 is 0 Å². The summed E-state index contributed by atoms with van der Waals surface area (Å²) in [6.07, 6.45) is 5.06. The molecular weight excluding hydrogens is 320 g/mol. The molecule has 2 aromatic carbocycles. The predicted octanol–water partition coefficient (Wildman–Crippen LogP) is 4.91. The molecule has 0 aliphatic rings. The van der Waals surface area contributed by atoms with E-state index in [2.05, 4.69) is 10.3 Å². The number of hydrogen-bond donors (Lipinski definition) is 1. The molecule has 0 unspecified atom stereocenters. The molecule has 0 aliphatic carbocycles. The molecule has 0 fully saturated rings. The van der Waals surface area contributed by atoms with Crippen LogP contribution in [0.4, 0.5) is 5.69 Å². The molecule has 0 radical (unpaired) electrons. The molecule has 1 N–H and O–H groups in total. The summed E-state index contributed by atoms with van der Waals surface area (Å²) in [5.74, 6) is -0.214. The Labute approximate surface area is 145 Å². The molecule has 1 amide bonds.